The Labute approximate surface area is 122 Å². The van der Waals surface area contributed by atoms with Crippen molar-refractivity contribution in [1.82, 2.24) is 19.9 Å². The molecule has 106 valence electrons. The van der Waals surface area contributed by atoms with E-state index in [1.165, 1.54) is 0 Å². The highest BCUT2D eigenvalue weighted by molar-refractivity contribution is 6.06. The molecule has 3 rings (SSSR count). The summed E-state index contributed by atoms with van der Waals surface area (Å²) >= 11 is 0. The molecule has 0 aromatic carbocycles. The summed E-state index contributed by atoms with van der Waals surface area (Å²) in [5.41, 5.74) is 2.41. The predicted molar refractivity (Wildman–Crippen MR) is 80.8 cm³/mol. The van der Waals surface area contributed by atoms with Gasteiger partial charge in [-0.3, -0.25) is 9.78 Å². The molecule has 0 saturated carbocycles. The molecule has 0 aliphatic carbocycles. The molecule has 0 saturated heterocycles. The van der Waals surface area contributed by atoms with Crippen LogP contribution in [-0.4, -0.2) is 20.4 Å². The van der Waals surface area contributed by atoms with Gasteiger partial charge in [-0.1, -0.05) is 6.07 Å². The average molecular weight is 280 g/mol. The highest BCUT2D eigenvalue weighted by atomic mass is 16.1. The van der Waals surface area contributed by atoms with Crippen molar-refractivity contribution in [1.29, 1.82) is 0 Å². The molecule has 1 amide bonds. The third-order valence-corrected chi connectivity index (χ3v) is 3.51. The van der Waals surface area contributed by atoms with Crippen LogP contribution in [-0.2, 0) is 7.05 Å². The average Bonchev–Trinajstić information content (AvgIpc) is 2.86. The van der Waals surface area contributed by atoms with Crippen LogP contribution in [0, 0.1) is 0 Å². The molecule has 5 nitrogen and oxygen atoms in total. The first kappa shape index (κ1) is 13.3. The van der Waals surface area contributed by atoms with Gasteiger partial charge in [0.1, 0.15) is 5.65 Å². The second-order valence-electron chi connectivity index (χ2n) is 5.01. The summed E-state index contributed by atoms with van der Waals surface area (Å²) in [7, 11) is 1.89. The molecule has 1 atom stereocenters. The van der Waals surface area contributed by atoms with Gasteiger partial charge in [0.05, 0.1) is 11.6 Å². The van der Waals surface area contributed by atoms with Gasteiger partial charge in [-0.2, -0.15) is 0 Å². The summed E-state index contributed by atoms with van der Waals surface area (Å²) in [6, 6.07) is 7.45. The first-order valence-corrected chi connectivity index (χ1v) is 6.77. The lowest BCUT2D eigenvalue weighted by molar-refractivity contribution is 0.0941. The fourth-order valence-electron chi connectivity index (χ4n) is 2.38. The van der Waals surface area contributed by atoms with E-state index in [1.54, 1.807) is 18.6 Å². The van der Waals surface area contributed by atoms with Crippen LogP contribution in [0.25, 0.3) is 11.0 Å². The third kappa shape index (κ3) is 2.50. The molecule has 0 fully saturated rings. The third-order valence-electron chi connectivity index (χ3n) is 3.51. The van der Waals surface area contributed by atoms with Crippen molar-refractivity contribution in [2.75, 3.05) is 0 Å². The Morgan fingerprint density at radius 3 is 2.86 bits per heavy atom. The van der Waals surface area contributed by atoms with Crippen molar-refractivity contribution in [2.24, 2.45) is 7.05 Å². The number of pyridine rings is 2. The number of nitrogens with zero attached hydrogens (tertiary/aromatic N) is 3. The monoisotopic (exact) mass is 280 g/mol. The van der Waals surface area contributed by atoms with Crippen LogP contribution in [0.4, 0.5) is 0 Å². The maximum atomic E-state index is 12.5. The molecule has 5 heteroatoms. The van der Waals surface area contributed by atoms with Gasteiger partial charge in [0.15, 0.2) is 0 Å². The fraction of sp³-hybridized carbons (Fsp3) is 0.188. The maximum absolute atomic E-state index is 12.5. The van der Waals surface area contributed by atoms with E-state index in [1.807, 2.05) is 49.0 Å². The number of hydrogen-bond donors (Lipinski definition) is 1. The Morgan fingerprint density at radius 1 is 1.29 bits per heavy atom. The number of rotatable bonds is 3. The number of hydrogen-bond acceptors (Lipinski definition) is 3. The second kappa shape index (κ2) is 5.36. The summed E-state index contributed by atoms with van der Waals surface area (Å²) in [5.74, 6) is -0.107. The molecule has 3 heterocycles. The van der Waals surface area contributed by atoms with Crippen LogP contribution < -0.4 is 5.32 Å². The molecule has 0 radical (unpaired) electrons. The van der Waals surface area contributed by atoms with Crippen molar-refractivity contribution in [3.05, 3.63) is 60.2 Å². The topological polar surface area (TPSA) is 59.8 Å². The Bertz CT molecular complexity index is 779. The molecule has 0 unspecified atom stereocenters. The van der Waals surface area contributed by atoms with E-state index in [9.17, 15) is 4.79 Å². The van der Waals surface area contributed by atoms with Crippen LogP contribution in [0.2, 0.25) is 0 Å². The fourth-order valence-corrected chi connectivity index (χ4v) is 2.38. The molecule has 21 heavy (non-hydrogen) atoms. The summed E-state index contributed by atoms with van der Waals surface area (Å²) in [6.07, 6.45) is 7.01. The molecule has 3 aromatic heterocycles. The van der Waals surface area contributed by atoms with Crippen molar-refractivity contribution in [2.45, 2.75) is 13.0 Å². The molecular weight excluding hydrogens is 264 g/mol. The lowest BCUT2D eigenvalue weighted by Crippen LogP contribution is -2.26. The Balaban J connectivity index is 1.88. The molecule has 1 N–H and O–H groups in total. The number of fused-ring (bicyclic) bond motifs is 1. The number of amides is 1. The first-order chi connectivity index (χ1) is 10.2. The van der Waals surface area contributed by atoms with E-state index in [0.717, 1.165) is 16.6 Å². The van der Waals surface area contributed by atoms with Crippen LogP contribution in [0.5, 0.6) is 0 Å². The van der Waals surface area contributed by atoms with Gasteiger partial charge < -0.3 is 9.88 Å². The maximum Gasteiger partial charge on any atom is 0.253 e. The molecule has 3 aromatic rings. The zero-order valence-electron chi connectivity index (χ0n) is 11.9. The summed E-state index contributed by atoms with van der Waals surface area (Å²) in [4.78, 5) is 20.9. The van der Waals surface area contributed by atoms with Gasteiger partial charge >= 0.3 is 0 Å². The number of aromatic nitrogens is 3. The molecule has 0 aliphatic rings. The van der Waals surface area contributed by atoms with Crippen molar-refractivity contribution < 1.29 is 4.79 Å². The molecule has 0 bridgehead atoms. The van der Waals surface area contributed by atoms with E-state index < -0.39 is 0 Å². The lowest BCUT2D eigenvalue weighted by atomic mass is 10.1. The van der Waals surface area contributed by atoms with Crippen molar-refractivity contribution in [3.8, 4) is 0 Å². The van der Waals surface area contributed by atoms with Crippen molar-refractivity contribution in [3.63, 3.8) is 0 Å². The van der Waals surface area contributed by atoms with Gasteiger partial charge in [-0.25, -0.2) is 4.98 Å². The van der Waals surface area contributed by atoms with E-state index in [-0.39, 0.29) is 11.9 Å². The van der Waals surface area contributed by atoms with Crippen molar-refractivity contribution >= 4 is 16.9 Å². The normalized spacial score (nSPS) is 12.3. The minimum absolute atomic E-state index is 0.0990. The Morgan fingerprint density at radius 2 is 2.10 bits per heavy atom. The smallest absolute Gasteiger partial charge is 0.253 e. The quantitative estimate of drug-likeness (QED) is 0.801. The van der Waals surface area contributed by atoms with Gasteiger partial charge in [0.25, 0.3) is 5.91 Å². The van der Waals surface area contributed by atoms with Crippen LogP contribution in [0.1, 0.15) is 28.9 Å². The zero-order chi connectivity index (χ0) is 14.8. The first-order valence-electron chi connectivity index (χ1n) is 6.77. The zero-order valence-corrected chi connectivity index (χ0v) is 11.9. The minimum Gasteiger partial charge on any atom is -0.345 e. The summed E-state index contributed by atoms with van der Waals surface area (Å²) in [6.45, 7) is 1.94. The number of carbonyl (C=O) groups excluding carboxylic acids is 1. The molecule has 0 spiro atoms. The van der Waals surface area contributed by atoms with Gasteiger partial charge in [0.2, 0.25) is 0 Å². The van der Waals surface area contributed by atoms with E-state index in [2.05, 4.69) is 15.3 Å². The Hall–Kier alpha value is -2.69. The highest BCUT2D eigenvalue weighted by Gasteiger charge is 2.16. The molecular formula is C16H16N4O. The number of carbonyl (C=O) groups is 1. The summed E-state index contributed by atoms with van der Waals surface area (Å²) in [5, 5.41) is 3.86. The van der Waals surface area contributed by atoms with Gasteiger partial charge in [0, 0.05) is 37.2 Å². The van der Waals surface area contributed by atoms with Gasteiger partial charge in [-0.05, 0) is 30.7 Å². The predicted octanol–water partition coefficient (Wildman–Crippen LogP) is 2.46. The largest absolute Gasteiger partial charge is 0.345 e. The van der Waals surface area contributed by atoms with Crippen LogP contribution in [0.3, 0.4) is 0 Å². The number of nitrogens with one attached hydrogen (secondary N) is 1. The number of aryl methyl sites for hydroxylation is 1. The highest BCUT2D eigenvalue weighted by Crippen LogP contribution is 2.19. The van der Waals surface area contributed by atoms with E-state index >= 15 is 0 Å². The molecule has 0 aliphatic heterocycles. The summed E-state index contributed by atoms with van der Waals surface area (Å²) < 4.78 is 1.86. The standard InChI is InChI=1S/C16H16N4O/c1-11(12-5-3-7-17-9-12)19-16(21)14-10-20(2)15-13(14)6-4-8-18-15/h3-11H,1-2H3,(H,19,21)/t11-/m1/s1. The van der Waals surface area contributed by atoms with E-state index in [4.69, 9.17) is 0 Å². The SMILES string of the molecule is C[C@@H](NC(=O)c1cn(C)c2ncccc12)c1cccnc1. The van der Waals surface area contributed by atoms with Gasteiger partial charge in [-0.15, -0.1) is 0 Å². The van der Waals surface area contributed by atoms with Crippen LogP contribution in [0.15, 0.2) is 49.1 Å². The Kier molecular flexibility index (Phi) is 3.39. The minimum atomic E-state index is -0.107. The van der Waals surface area contributed by atoms with E-state index in [0.29, 0.717) is 5.56 Å². The van der Waals surface area contributed by atoms with Crippen LogP contribution >= 0.6 is 0 Å². The lowest BCUT2D eigenvalue weighted by Gasteiger charge is -2.13. The second-order valence-corrected chi connectivity index (χ2v) is 5.01.